The summed E-state index contributed by atoms with van der Waals surface area (Å²) in [5.41, 5.74) is 1.89. The van der Waals surface area contributed by atoms with Gasteiger partial charge >= 0.3 is 16.8 Å². The molecule has 0 saturated heterocycles. The third-order valence-electron chi connectivity index (χ3n) is 3.08. The second-order valence-electron chi connectivity index (χ2n) is 5.11. The molecule has 0 aliphatic rings. The number of hydrogen-bond donors (Lipinski definition) is 0. The number of hydrogen-bond acceptors (Lipinski definition) is 6. The van der Waals surface area contributed by atoms with Crippen LogP contribution in [0.4, 0.5) is 0 Å². The zero-order valence-corrected chi connectivity index (χ0v) is 20.8. The zero-order chi connectivity index (χ0) is 20.8. The Morgan fingerprint density at radius 2 is 1.21 bits per heavy atom. The first kappa shape index (κ1) is 27.6. The maximum Gasteiger partial charge on any atom is 2.00 e. The smallest absolute Gasteiger partial charge is 0.252 e. The molecule has 0 atom stereocenters. The molecule has 2 aromatic rings. The molecule has 6 nitrogen and oxygen atoms in total. The van der Waals surface area contributed by atoms with Gasteiger partial charge in [0.05, 0.1) is 0 Å². The maximum absolute atomic E-state index is 5.06. The molecule has 2 heterocycles. The van der Waals surface area contributed by atoms with Crippen LogP contribution in [-0.4, -0.2) is 57.7 Å². The first-order chi connectivity index (χ1) is 13.5. The molecule has 2 aromatic heterocycles. The number of aromatic amines is 2. The number of pyridine rings is 2. The quantitative estimate of drug-likeness (QED) is 0.358. The average molecular weight is 512 g/mol. The van der Waals surface area contributed by atoms with E-state index in [4.69, 9.17) is 24.4 Å². The molecule has 11 heteroatoms. The summed E-state index contributed by atoms with van der Waals surface area (Å²) in [6.07, 6.45) is 11.1. The monoisotopic (exact) mass is 511 g/mol. The number of H-pyrrole nitrogens is 2. The van der Waals surface area contributed by atoms with E-state index in [1.165, 1.54) is 23.5 Å². The number of nitrogens with one attached hydrogen (secondary N) is 2. The minimum atomic E-state index is 0. The van der Waals surface area contributed by atoms with E-state index in [1.807, 2.05) is 75.4 Å². The van der Waals surface area contributed by atoms with E-state index in [2.05, 4.69) is 20.2 Å². The van der Waals surface area contributed by atoms with Crippen molar-refractivity contribution in [2.24, 2.45) is 10.2 Å². The van der Waals surface area contributed by atoms with Crippen LogP contribution in [0.2, 0.25) is 0 Å². The molecule has 2 rings (SSSR count). The van der Waals surface area contributed by atoms with E-state index in [0.29, 0.717) is 0 Å². The Morgan fingerprint density at radius 1 is 0.828 bits per heavy atom. The number of rotatable bonds is 4. The second-order valence-corrected chi connectivity index (χ2v) is 7.99. The van der Waals surface area contributed by atoms with E-state index < -0.39 is 0 Å². The standard InChI is InChI=1S/2C9H11N3S2.Co/c2*1-12(9(13)14-2)11-7-8-5-3-4-6-10-8;/h2*3-7H,1-2H3;/q;;+2/p+2. The Labute approximate surface area is 201 Å². The second kappa shape index (κ2) is 16.4. The Bertz CT molecular complexity index is 722. The number of hydrazone groups is 2. The van der Waals surface area contributed by atoms with Crippen LogP contribution in [-0.2, 0) is 16.8 Å². The molecule has 0 aromatic carbocycles. The van der Waals surface area contributed by atoms with Crippen molar-refractivity contribution in [3.63, 3.8) is 0 Å². The Morgan fingerprint density at radius 3 is 1.48 bits per heavy atom. The fraction of sp³-hybridized carbons (Fsp3) is 0.222. The summed E-state index contributed by atoms with van der Waals surface area (Å²) in [4.78, 5) is 6.11. The van der Waals surface area contributed by atoms with Crippen molar-refractivity contribution in [3.05, 3.63) is 60.2 Å². The first-order valence-corrected chi connectivity index (χ1v) is 11.4. The zero-order valence-electron chi connectivity index (χ0n) is 16.5. The van der Waals surface area contributed by atoms with Gasteiger partial charge in [-0.25, -0.2) is 9.97 Å². The van der Waals surface area contributed by atoms with Crippen molar-refractivity contribution in [1.29, 1.82) is 0 Å². The molecule has 0 saturated carbocycles. The van der Waals surface area contributed by atoms with Gasteiger partial charge in [-0.1, -0.05) is 48.0 Å². The van der Waals surface area contributed by atoms with Gasteiger partial charge in [0.15, 0.2) is 21.0 Å². The van der Waals surface area contributed by atoms with Gasteiger partial charge in [0.25, 0.3) is 0 Å². The van der Waals surface area contributed by atoms with Crippen LogP contribution in [0.1, 0.15) is 11.4 Å². The van der Waals surface area contributed by atoms with Crippen molar-refractivity contribution in [2.75, 3.05) is 26.6 Å². The van der Waals surface area contributed by atoms with Crippen LogP contribution in [0.25, 0.3) is 0 Å². The molecule has 29 heavy (non-hydrogen) atoms. The fourth-order valence-electron chi connectivity index (χ4n) is 1.63. The van der Waals surface area contributed by atoms with E-state index in [0.717, 1.165) is 20.0 Å². The average Bonchev–Trinajstić information content (AvgIpc) is 2.76. The molecule has 1 radical (unpaired) electrons. The molecular weight excluding hydrogens is 487 g/mol. The molecule has 0 unspecified atom stereocenters. The Balaban J connectivity index is 0.000000523. The van der Waals surface area contributed by atoms with Crippen molar-refractivity contribution >= 4 is 69.0 Å². The SMILES string of the molecule is CSC(=S)N(C)N=Cc1cccc[nH+]1.CSC(=S)N(C)N=Cc1cccc[nH+]1.[Co+2]. The van der Waals surface area contributed by atoms with Gasteiger partial charge in [0.1, 0.15) is 12.4 Å². The minimum Gasteiger partial charge on any atom is -0.252 e. The summed E-state index contributed by atoms with van der Waals surface area (Å²) in [7, 11) is 3.66. The summed E-state index contributed by atoms with van der Waals surface area (Å²) in [6.45, 7) is 0. The largest absolute Gasteiger partial charge is 2.00 e. The van der Waals surface area contributed by atoms with E-state index in [9.17, 15) is 0 Å². The summed E-state index contributed by atoms with van der Waals surface area (Å²) in [5, 5.41) is 11.7. The normalized spacial score (nSPS) is 10.1. The number of nitrogens with zero attached hydrogens (tertiary/aromatic N) is 4. The van der Waals surface area contributed by atoms with Gasteiger partial charge < -0.3 is 0 Å². The first-order valence-electron chi connectivity index (χ1n) is 8.12. The molecule has 155 valence electrons. The molecule has 0 aliphatic heterocycles. The van der Waals surface area contributed by atoms with Gasteiger partial charge in [-0.15, -0.1) is 0 Å². The van der Waals surface area contributed by atoms with E-state index in [-0.39, 0.29) is 16.8 Å². The van der Waals surface area contributed by atoms with Crippen molar-refractivity contribution < 1.29 is 26.7 Å². The summed E-state index contributed by atoms with van der Waals surface area (Å²) >= 11 is 13.1. The molecule has 0 fully saturated rings. The van der Waals surface area contributed by atoms with E-state index in [1.54, 1.807) is 22.4 Å². The number of aromatic nitrogens is 2. The van der Waals surface area contributed by atoms with Gasteiger partial charge in [-0.2, -0.15) is 10.2 Å². The van der Waals surface area contributed by atoms with Crippen LogP contribution in [0.3, 0.4) is 0 Å². The van der Waals surface area contributed by atoms with Gasteiger partial charge in [0, 0.05) is 38.4 Å². The van der Waals surface area contributed by atoms with Crippen molar-refractivity contribution in [3.8, 4) is 0 Å². The molecule has 2 N–H and O–H groups in total. The van der Waals surface area contributed by atoms with Crippen LogP contribution in [0.15, 0.2) is 59.0 Å². The Hall–Kier alpha value is -1.37. The summed E-state index contributed by atoms with van der Waals surface area (Å²) in [6, 6.07) is 11.6. The van der Waals surface area contributed by atoms with Gasteiger partial charge in [-0.3, -0.25) is 10.0 Å². The molecule has 0 aliphatic carbocycles. The molecule has 0 amide bonds. The number of thiocarbonyl (C=S) groups is 2. The Kier molecular flexibility index (Phi) is 15.6. The molecular formula is C18H24CoN6S4+4. The molecule has 0 bridgehead atoms. The third kappa shape index (κ3) is 12.0. The topological polar surface area (TPSA) is 59.5 Å². The van der Waals surface area contributed by atoms with Gasteiger partial charge in [0.2, 0.25) is 11.4 Å². The number of thioether (sulfide) groups is 2. The van der Waals surface area contributed by atoms with Gasteiger partial charge in [-0.05, 0) is 24.6 Å². The van der Waals surface area contributed by atoms with Crippen LogP contribution in [0.5, 0.6) is 0 Å². The molecule has 0 spiro atoms. The van der Waals surface area contributed by atoms with E-state index >= 15 is 0 Å². The van der Waals surface area contributed by atoms with Crippen LogP contribution >= 0.6 is 48.0 Å². The maximum atomic E-state index is 5.06. The fourth-order valence-corrected chi connectivity index (χ4v) is 2.35. The predicted octanol–water partition coefficient (Wildman–Crippen LogP) is 2.83. The predicted molar refractivity (Wildman–Crippen MR) is 129 cm³/mol. The van der Waals surface area contributed by atoms with Crippen LogP contribution in [0, 0.1) is 0 Å². The van der Waals surface area contributed by atoms with Crippen molar-refractivity contribution in [2.45, 2.75) is 0 Å². The summed E-state index contributed by atoms with van der Waals surface area (Å²) < 4.78 is 1.49. The minimum absolute atomic E-state index is 0. The summed E-state index contributed by atoms with van der Waals surface area (Å²) in [5.74, 6) is 0. The van der Waals surface area contributed by atoms with Crippen molar-refractivity contribution in [1.82, 2.24) is 10.0 Å². The third-order valence-corrected chi connectivity index (χ3v) is 5.84. The van der Waals surface area contributed by atoms with Crippen LogP contribution < -0.4 is 9.97 Å².